The maximum Gasteiger partial charge on any atom is 0.339 e. The molecule has 1 aliphatic heterocycles. The minimum atomic E-state index is -3.42. The van der Waals surface area contributed by atoms with Crippen LogP contribution in [-0.2, 0) is 14.8 Å². The molecule has 1 saturated carbocycles. The van der Waals surface area contributed by atoms with Gasteiger partial charge in [0, 0.05) is 5.92 Å². The molecule has 7 nitrogen and oxygen atoms in total. The largest absolute Gasteiger partial charge is 0.495 e. The lowest BCUT2D eigenvalue weighted by atomic mass is 9.86. The summed E-state index contributed by atoms with van der Waals surface area (Å²) in [6.45, 7) is 0.366. The molecule has 0 amide bonds. The Bertz CT molecular complexity index is 1080. The summed E-state index contributed by atoms with van der Waals surface area (Å²) in [6.07, 6.45) is 2.97. The molecule has 3 unspecified atom stereocenters. The van der Waals surface area contributed by atoms with E-state index in [1.807, 2.05) is 29.2 Å². The van der Waals surface area contributed by atoms with E-state index in [4.69, 9.17) is 21.1 Å². The van der Waals surface area contributed by atoms with Crippen molar-refractivity contribution in [3.05, 3.63) is 59.1 Å². The molecule has 1 saturated heterocycles. The van der Waals surface area contributed by atoms with Gasteiger partial charge >= 0.3 is 5.97 Å². The van der Waals surface area contributed by atoms with Crippen LogP contribution in [0.2, 0.25) is 5.02 Å². The fraction of sp³-hybridized carbons (Fsp3) is 0.435. The van der Waals surface area contributed by atoms with Crippen molar-refractivity contribution in [2.45, 2.75) is 37.1 Å². The number of fused-ring (bicyclic) bond motifs is 1. The standard InChI is InChI=1S/C23H27ClN2O5S/c1-30-20-12-6-5-11-19(20)26(14-15-31-23(27)16-8-2-4-10-18(16)24)22-17-9-3-7-13-21(17)32(28,29)25-22/h2,4-6,8,10-12,17,21-22,25H,3,7,9,13-15H2,1H3. The van der Waals surface area contributed by atoms with Crippen molar-refractivity contribution in [1.82, 2.24) is 4.72 Å². The smallest absolute Gasteiger partial charge is 0.339 e. The van der Waals surface area contributed by atoms with Crippen LogP contribution in [-0.4, -0.2) is 46.1 Å². The first-order valence-corrected chi connectivity index (χ1v) is 12.7. The molecule has 0 aromatic heterocycles. The Morgan fingerprint density at radius 3 is 2.62 bits per heavy atom. The number of anilines is 1. The summed E-state index contributed by atoms with van der Waals surface area (Å²) in [5, 5.41) is -0.0724. The third-order valence-electron chi connectivity index (χ3n) is 6.23. The van der Waals surface area contributed by atoms with Gasteiger partial charge in [-0.1, -0.05) is 48.7 Å². The molecular weight excluding hydrogens is 452 g/mol. The lowest BCUT2D eigenvalue weighted by molar-refractivity contribution is 0.0511. The molecule has 2 aliphatic rings. The van der Waals surface area contributed by atoms with E-state index in [9.17, 15) is 13.2 Å². The zero-order valence-corrected chi connectivity index (χ0v) is 19.4. The van der Waals surface area contributed by atoms with Crippen LogP contribution in [0, 0.1) is 5.92 Å². The van der Waals surface area contributed by atoms with Crippen molar-refractivity contribution >= 4 is 33.3 Å². The monoisotopic (exact) mass is 478 g/mol. The van der Waals surface area contributed by atoms with Crippen molar-refractivity contribution in [1.29, 1.82) is 0 Å². The van der Waals surface area contributed by atoms with E-state index in [-0.39, 0.29) is 12.5 Å². The van der Waals surface area contributed by atoms with Gasteiger partial charge in [-0.2, -0.15) is 4.72 Å². The third kappa shape index (κ3) is 4.58. The molecule has 1 N–H and O–H groups in total. The first kappa shape index (κ1) is 22.9. The average molecular weight is 479 g/mol. The van der Waals surface area contributed by atoms with E-state index >= 15 is 0 Å². The minimum absolute atomic E-state index is 0.0436. The van der Waals surface area contributed by atoms with E-state index in [2.05, 4.69) is 4.72 Å². The number of para-hydroxylation sites is 2. The number of ether oxygens (including phenoxy) is 2. The van der Waals surface area contributed by atoms with Gasteiger partial charge in [0.15, 0.2) is 0 Å². The van der Waals surface area contributed by atoms with Crippen molar-refractivity contribution in [3.63, 3.8) is 0 Å². The first-order valence-electron chi connectivity index (χ1n) is 10.7. The van der Waals surface area contributed by atoms with Crippen LogP contribution in [0.15, 0.2) is 48.5 Å². The quantitative estimate of drug-likeness (QED) is 0.609. The van der Waals surface area contributed by atoms with Gasteiger partial charge in [-0.3, -0.25) is 0 Å². The number of nitrogens with one attached hydrogen (secondary N) is 1. The highest BCUT2D eigenvalue weighted by Crippen LogP contribution is 2.40. The molecular formula is C23H27ClN2O5S. The summed E-state index contributed by atoms with van der Waals surface area (Å²) >= 11 is 6.10. The number of benzene rings is 2. The van der Waals surface area contributed by atoms with E-state index < -0.39 is 27.4 Å². The Kier molecular flexibility index (Phi) is 6.93. The highest BCUT2D eigenvalue weighted by atomic mass is 35.5. The van der Waals surface area contributed by atoms with Gasteiger partial charge in [-0.25, -0.2) is 13.2 Å². The summed E-state index contributed by atoms with van der Waals surface area (Å²) in [5.41, 5.74) is 1.05. The Morgan fingerprint density at radius 1 is 1.12 bits per heavy atom. The predicted molar refractivity (Wildman–Crippen MR) is 124 cm³/mol. The number of methoxy groups -OCH3 is 1. The van der Waals surface area contributed by atoms with Gasteiger partial charge in [0.2, 0.25) is 10.0 Å². The van der Waals surface area contributed by atoms with Crippen LogP contribution in [0.1, 0.15) is 36.0 Å². The van der Waals surface area contributed by atoms with Gasteiger partial charge in [-0.05, 0) is 37.1 Å². The predicted octanol–water partition coefficient (Wildman–Crippen LogP) is 3.83. The summed E-state index contributed by atoms with van der Waals surface area (Å²) < 4.78 is 39.6. The van der Waals surface area contributed by atoms with Crippen LogP contribution in [0.5, 0.6) is 5.75 Å². The molecule has 2 aromatic carbocycles. The maximum absolute atomic E-state index is 12.8. The van der Waals surface area contributed by atoms with Crippen molar-refractivity contribution < 1.29 is 22.7 Å². The van der Waals surface area contributed by atoms with Gasteiger partial charge in [-0.15, -0.1) is 0 Å². The number of hydrogen-bond acceptors (Lipinski definition) is 6. The van der Waals surface area contributed by atoms with Crippen molar-refractivity contribution in [3.8, 4) is 5.75 Å². The number of rotatable bonds is 7. The minimum Gasteiger partial charge on any atom is -0.495 e. The SMILES string of the molecule is COc1ccccc1N(CCOC(=O)c1ccccc1Cl)C1NS(=O)(=O)C2CCCCC12. The maximum atomic E-state index is 12.8. The molecule has 4 rings (SSSR count). The fourth-order valence-corrected chi connectivity index (χ4v) is 6.98. The molecule has 0 radical (unpaired) electrons. The Labute approximate surface area is 193 Å². The third-order valence-corrected chi connectivity index (χ3v) is 8.51. The molecule has 2 aromatic rings. The van der Waals surface area contributed by atoms with E-state index in [1.165, 1.54) is 0 Å². The van der Waals surface area contributed by atoms with Crippen LogP contribution < -0.4 is 14.4 Å². The highest BCUT2D eigenvalue weighted by molar-refractivity contribution is 7.90. The van der Waals surface area contributed by atoms with Crippen molar-refractivity contribution in [2.24, 2.45) is 5.92 Å². The molecule has 32 heavy (non-hydrogen) atoms. The molecule has 3 atom stereocenters. The topological polar surface area (TPSA) is 84.9 Å². The zero-order chi connectivity index (χ0) is 22.7. The van der Waals surface area contributed by atoms with Crippen LogP contribution in [0.25, 0.3) is 0 Å². The van der Waals surface area contributed by atoms with Crippen LogP contribution >= 0.6 is 11.6 Å². The van der Waals surface area contributed by atoms with Crippen LogP contribution in [0.3, 0.4) is 0 Å². The molecule has 1 aliphatic carbocycles. The molecule has 172 valence electrons. The molecule has 9 heteroatoms. The fourth-order valence-electron chi connectivity index (χ4n) is 4.73. The number of esters is 1. The van der Waals surface area contributed by atoms with E-state index in [0.29, 0.717) is 29.3 Å². The van der Waals surface area contributed by atoms with E-state index in [0.717, 1.165) is 24.9 Å². The van der Waals surface area contributed by atoms with Crippen molar-refractivity contribution in [2.75, 3.05) is 25.2 Å². The summed E-state index contributed by atoms with van der Waals surface area (Å²) in [4.78, 5) is 14.4. The first-order chi connectivity index (χ1) is 15.4. The van der Waals surface area contributed by atoms with Gasteiger partial charge < -0.3 is 14.4 Å². The van der Waals surface area contributed by atoms with Gasteiger partial charge in [0.05, 0.1) is 41.3 Å². The number of carbonyl (C=O) groups is 1. The van der Waals surface area contributed by atoms with E-state index in [1.54, 1.807) is 31.4 Å². The average Bonchev–Trinajstić information content (AvgIpc) is 3.08. The van der Waals surface area contributed by atoms with Gasteiger partial charge in [0.1, 0.15) is 12.4 Å². The second-order valence-electron chi connectivity index (χ2n) is 8.08. The molecule has 2 fully saturated rings. The van der Waals surface area contributed by atoms with Gasteiger partial charge in [0.25, 0.3) is 0 Å². The number of carbonyl (C=O) groups excluding carboxylic acids is 1. The second kappa shape index (κ2) is 9.68. The highest BCUT2D eigenvalue weighted by Gasteiger charge is 2.50. The Morgan fingerprint density at radius 2 is 1.84 bits per heavy atom. The number of nitrogens with zero attached hydrogens (tertiary/aromatic N) is 1. The molecule has 1 heterocycles. The summed E-state index contributed by atoms with van der Waals surface area (Å²) in [6, 6.07) is 14.2. The number of hydrogen-bond donors (Lipinski definition) is 1. The Balaban J connectivity index is 1.58. The lowest BCUT2D eigenvalue weighted by Crippen LogP contribution is -2.48. The normalized spacial score (nSPS) is 23.9. The lowest BCUT2D eigenvalue weighted by Gasteiger charge is -2.36. The second-order valence-corrected chi connectivity index (χ2v) is 10.4. The van der Waals surface area contributed by atoms with Crippen LogP contribution in [0.4, 0.5) is 5.69 Å². The Hall–Kier alpha value is -2.29. The summed E-state index contributed by atoms with van der Waals surface area (Å²) in [5.74, 6) is 0.0689. The summed E-state index contributed by atoms with van der Waals surface area (Å²) in [7, 11) is -1.84. The molecule has 0 spiro atoms. The number of halogens is 1. The molecule has 0 bridgehead atoms. The zero-order valence-electron chi connectivity index (χ0n) is 17.9. The number of sulfonamides is 1.